The summed E-state index contributed by atoms with van der Waals surface area (Å²) in [6, 6.07) is 34.3. The molecule has 1 aromatic heterocycles. The number of phenols is 1. The molecule has 1 aliphatic rings. The molecule has 3 atom stereocenters. The number of rotatable bonds is 8. The number of carbonyl (C=O) groups is 1. The Hall–Kier alpha value is -4.59. The minimum Gasteiger partial charge on any atom is -0.508 e. The summed E-state index contributed by atoms with van der Waals surface area (Å²) in [5, 5.41) is 14.6. The van der Waals surface area contributed by atoms with Crippen molar-refractivity contribution in [1.29, 1.82) is 0 Å². The first-order valence-electron chi connectivity index (χ1n) is 14.7. The molecule has 2 heterocycles. The summed E-state index contributed by atoms with van der Waals surface area (Å²) in [6.07, 6.45) is 0. The first-order valence-corrected chi connectivity index (χ1v) is 14.7. The lowest BCUT2D eigenvalue weighted by atomic mass is 9.92. The monoisotopic (exact) mass is 572 g/mol. The molecular weight excluding hydrogens is 536 g/mol. The molecule has 6 rings (SSSR count). The van der Waals surface area contributed by atoms with Crippen LogP contribution in [0, 0.1) is 0 Å². The third-order valence-electron chi connectivity index (χ3n) is 8.36. The van der Waals surface area contributed by atoms with Gasteiger partial charge in [-0.05, 0) is 61.7 Å². The SMILES string of the molecule is CC(=O)c1ccc(-c2nc(-c3ccc(C(c4cccc(O)c4)N4CC(C)N(Cc5ccccc5)CC4C)cc3)no2)cc1. The van der Waals surface area contributed by atoms with Crippen molar-refractivity contribution in [2.75, 3.05) is 13.1 Å². The minimum absolute atomic E-state index is 0.0137. The van der Waals surface area contributed by atoms with Crippen LogP contribution < -0.4 is 0 Å². The highest BCUT2D eigenvalue weighted by Gasteiger charge is 2.35. The van der Waals surface area contributed by atoms with Gasteiger partial charge in [-0.2, -0.15) is 4.98 Å². The van der Waals surface area contributed by atoms with Crippen molar-refractivity contribution in [1.82, 2.24) is 19.9 Å². The molecule has 7 nitrogen and oxygen atoms in total. The Morgan fingerprint density at radius 1 is 0.860 bits per heavy atom. The fourth-order valence-corrected chi connectivity index (χ4v) is 6.01. The highest BCUT2D eigenvalue weighted by molar-refractivity contribution is 5.94. The Morgan fingerprint density at radius 2 is 1.58 bits per heavy atom. The number of benzene rings is 4. The van der Waals surface area contributed by atoms with E-state index in [-0.39, 0.29) is 17.6 Å². The Morgan fingerprint density at radius 3 is 2.28 bits per heavy atom. The minimum atomic E-state index is -0.0295. The molecule has 3 unspecified atom stereocenters. The summed E-state index contributed by atoms with van der Waals surface area (Å²) < 4.78 is 5.55. The first kappa shape index (κ1) is 28.5. The largest absolute Gasteiger partial charge is 0.508 e. The molecule has 4 aromatic carbocycles. The van der Waals surface area contributed by atoms with Gasteiger partial charge < -0.3 is 9.63 Å². The average Bonchev–Trinajstić information content (AvgIpc) is 3.51. The molecule has 43 heavy (non-hydrogen) atoms. The molecule has 0 spiro atoms. The number of piperazine rings is 1. The number of nitrogens with zero attached hydrogens (tertiary/aromatic N) is 4. The van der Waals surface area contributed by atoms with Gasteiger partial charge in [0.05, 0.1) is 6.04 Å². The van der Waals surface area contributed by atoms with Crippen molar-refractivity contribution in [2.45, 2.75) is 45.4 Å². The summed E-state index contributed by atoms with van der Waals surface area (Å²) >= 11 is 0. The van der Waals surface area contributed by atoms with Crippen LogP contribution in [0.3, 0.4) is 0 Å². The number of phenolic OH excluding ortho intramolecular Hbond substituents is 1. The van der Waals surface area contributed by atoms with Gasteiger partial charge in [0, 0.05) is 48.4 Å². The van der Waals surface area contributed by atoms with Crippen molar-refractivity contribution in [3.8, 4) is 28.6 Å². The van der Waals surface area contributed by atoms with Crippen molar-refractivity contribution in [3.63, 3.8) is 0 Å². The van der Waals surface area contributed by atoms with Gasteiger partial charge in [-0.1, -0.05) is 84.0 Å². The maximum Gasteiger partial charge on any atom is 0.258 e. The van der Waals surface area contributed by atoms with E-state index in [4.69, 9.17) is 4.52 Å². The number of aromatic hydroxyl groups is 1. The zero-order chi connectivity index (χ0) is 29.9. The molecule has 5 aromatic rings. The van der Waals surface area contributed by atoms with Gasteiger partial charge in [0.25, 0.3) is 5.89 Å². The third kappa shape index (κ3) is 6.28. The molecule has 1 aliphatic heterocycles. The lowest BCUT2D eigenvalue weighted by molar-refractivity contribution is 0.0195. The summed E-state index contributed by atoms with van der Waals surface area (Å²) in [6.45, 7) is 8.90. The zero-order valence-corrected chi connectivity index (χ0v) is 24.7. The summed E-state index contributed by atoms with van der Waals surface area (Å²) in [4.78, 5) is 21.3. The van der Waals surface area contributed by atoms with E-state index in [1.54, 1.807) is 25.1 Å². The van der Waals surface area contributed by atoms with E-state index in [1.807, 2.05) is 36.4 Å². The van der Waals surface area contributed by atoms with Gasteiger partial charge in [-0.15, -0.1) is 0 Å². The van der Waals surface area contributed by atoms with Crippen LogP contribution in [0.2, 0.25) is 0 Å². The van der Waals surface area contributed by atoms with Gasteiger partial charge in [0.1, 0.15) is 5.75 Å². The number of Topliss-reactive ketones (excluding diaryl/α,β-unsaturated/α-hetero) is 1. The van der Waals surface area contributed by atoms with Gasteiger partial charge in [-0.25, -0.2) is 0 Å². The Kier molecular flexibility index (Phi) is 8.18. The fraction of sp³-hybridized carbons (Fsp3) is 0.250. The Bertz CT molecular complexity index is 1680. The highest BCUT2D eigenvalue weighted by Crippen LogP contribution is 2.36. The van der Waals surface area contributed by atoms with E-state index in [1.165, 1.54) is 5.56 Å². The molecule has 1 fully saturated rings. The maximum atomic E-state index is 11.6. The van der Waals surface area contributed by atoms with Crippen LogP contribution >= 0.6 is 0 Å². The number of hydrogen-bond acceptors (Lipinski definition) is 7. The molecule has 0 bridgehead atoms. The van der Waals surface area contributed by atoms with Crippen molar-refractivity contribution in [2.24, 2.45) is 0 Å². The molecule has 0 radical (unpaired) electrons. The van der Waals surface area contributed by atoms with Crippen molar-refractivity contribution >= 4 is 5.78 Å². The fourth-order valence-electron chi connectivity index (χ4n) is 6.01. The lowest BCUT2D eigenvalue weighted by Crippen LogP contribution is -2.56. The van der Waals surface area contributed by atoms with E-state index in [2.05, 4.69) is 82.3 Å². The van der Waals surface area contributed by atoms with Crippen LogP contribution in [-0.2, 0) is 6.54 Å². The molecule has 0 saturated carbocycles. The quantitative estimate of drug-likeness (QED) is 0.201. The maximum absolute atomic E-state index is 11.6. The van der Waals surface area contributed by atoms with Crippen LogP contribution in [0.15, 0.2) is 108 Å². The van der Waals surface area contributed by atoms with Crippen molar-refractivity contribution < 1.29 is 14.4 Å². The number of hydrogen-bond donors (Lipinski definition) is 1. The third-order valence-corrected chi connectivity index (χ3v) is 8.36. The molecule has 7 heteroatoms. The van der Waals surface area contributed by atoms with Gasteiger partial charge in [0.15, 0.2) is 5.78 Å². The summed E-state index contributed by atoms with van der Waals surface area (Å²) in [7, 11) is 0. The van der Waals surface area contributed by atoms with Crippen molar-refractivity contribution in [3.05, 3.63) is 125 Å². The van der Waals surface area contributed by atoms with E-state index >= 15 is 0 Å². The molecule has 1 N–H and O–H groups in total. The van der Waals surface area contributed by atoms with Crippen LogP contribution in [0.4, 0.5) is 0 Å². The van der Waals surface area contributed by atoms with E-state index < -0.39 is 0 Å². The van der Waals surface area contributed by atoms with Gasteiger partial charge in [-0.3, -0.25) is 14.6 Å². The highest BCUT2D eigenvalue weighted by atomic mass is 16.5. The van der Waals surface area contributed by atoms with E-state index in [9.17, 15) is 9.90 Å². The first-order chi connectivity index (χ1) is 20.9. The van der Waals surface area contributed by atoms with Crippen LogP contribution in [0.5, 0.6) is 5.75 Å². The van der Waals surface area contributed by atoms with Gasteiger partial charge in [0.2, 0.25) is 5.82 Å². The Labute approximate surface area is 252 Å². The molecule has 0 amide bonds. The molecule has 218 valence electrons. The number of aromatic nitrogens is 2. The average molecular weight is 573 g/mol. The second-order valence-electron chi connectivity index (χ2n) is 11.5. The van der Waals surface area contributed by atoms with E-state index in [0.29, 0.717) is 29.4 Å². The van der Waals surface area contributed by atoms with Crippen LogP contribution in [0.25, 0.3) is 22.8 Å². The van der Waals surface area contributed by atoms with Crippen LogP contribution in [0.1, 0.15) is 53.9 Å². The topological polar surface area (TPSA) is 82.7 Å². The second kappa shape index (κ2) is 12.3. The van der Waals surface area contributed by atoms with Crippen LogP contribution in [-0.4, -0.2) is 56.0 Å². The lowest BCUT2D eigenvalue weighted by Gasteiger charge is -2.47. The number of ketones is 1. The van der Waals surface area contributed by atoms with E-state index in [0.717, 1.165) is 41.9 Å². The predicted octanol–water partition coefficient (Wildman–Crippen LogP) is 7.00. The standard InChI is InChI=1S/C36H36N4O3/c1-24-22-40(25(2)21-39(24)23-27-8-5-4-6-9-27)34(32-10-7-11-33(42)20-32)29-14-16-30(17-15-29)35-37-36(43-38-35)31-18-12-28(13-19-31)26(3)41/h4-20,24-25,34,42H,21-23H2,1-3H3. The second-order valence-corrected chi connectivity index (χ2v) is 11.5. The molecule has 0 aliphatic carbocycles. The predicted molar refractivity (Wildman–Crippen MR) is 168 cm³/mol. The molecular formula is C36H36N4O3. The number of carbonyl (C=O) groups excluding carboxylic acids is 1. The summed E-state index contributed by atoms with van der Waals surface area (Å²) in [5.41, 5.74) is 5.77. The normalized spacial score (nSPS) is 18.4. The zero-order valence-electron chi connectivity index (χ0n) is 24.7. The van der Waals surface area contributed by atoms with Gasteiger partial charge >= 0.3 is 0 Å². The summed E-state index contributed by atoms with van der Waals surface area (Å²) in [5.74, 6) is 1.18. The smallest absolute Gasteiger partial charge is 0.258 e. The Balaban J connectivity index is 1.25. The molecule has 1 saturated heterocycles.